The molecule has 0 radical (unpaired) electrons. The maximum absolute atomic E-state index is 12.7. The first-order chi connectivity index (χ1) is 13.2. The van der Waals surface area contributed by atoms with E-state index in [0.717, 1.165) is 16.1 Å². The van der Waals surface area contributed by atoms with Crippen molar-refractivity contribution in [2.75, 3.05) is 21.3 Å². The van der Waals surface area contributed by atoms with Crippen molar-refractivity contribution in [3.8, 4) is 27.8 Å². The van der Waals surface area contributed by atoms with Gasteiger partial charge < -0.3 is 19.5 Å². The van der Waals surface area contributed by atoms with Crippen LogP contribution in [0.4, 0.5) is 0 Å². The first kappa shape index (κ1) is 18.7. The van der Waals surface area contributed by atoms with E-state index in [9.17, 15) is 4.79 Å². The van der Waals surface area contributed by atoms with Gasteiger partial charge in [-0.25, -0.2) is 0 Å². The highest BCUT2D eigenvalue weighted by Gasteiger charge is 2.17. The Morgan fingerprint density at radius 3 is 2.41 bits per heavy atom. The molecule has 140 valence electrons. The van der Waals surface area contributed by atoms with Gasteiger partial charge in [0.2, 0.25) is 5.75 Å². The lowest BCUT2D eigenvalue weighted by Gasteiger charge is -2.14. The Balaban J connectivity index is 1.81. The maximum atomic E-state index is 12.7. The van der Waals surface area contributed by atoms with E-state index in [4.69, 9.17) is 14.2 Å². The molecule has 0 bridgehead atoms. The second-order valence-corrected chi connectivity index (χ2v) is 6.53. The van der Waals surface area contributed by atoms with Gasteiger partial charge >= 0.3 is 0 Å². The normalized spacial score (nSPS) is 10.3. The van der Waals surface area contributed by atoms with Crippen LogP contribution in [0.15, 0.2) is 48.0 Å². The molecule has 0 atom stereocenters. The fourth-order valence-corrected chi connectivity index (χ4v) is 3.46. The Labute approximate surface area is 161 Å². The molecule has 0 aliphatic rings. The Bertz CT molecular complexity index is 900. The minimum absolute atomic E-state index is 0.241. The Hall–Kier alpha value is -3.06. The van der Waals surface area contributed by atoms with Crippen LogP contribution in [-0.4, -0.2) is 32.2 Å². The number of benzene rings is 1. The van der Waals surface area contributed by atoms with Gasteiger partial charge in [-0.15, -0.1) is 11.3 Å². The number of pyridine rings is 1. The smallest absolute Gasteiger partial charge is 0.251 e. The van der Waals surface area contributed by atoms with Crippen LogP contribution in [0.2, 0.25) is 0 Å². The van der Waals surface area contributed by atoms with Crippen LogP contribution in [0.3, 0.4) is 0 Å². The molecular formula is C20H20N2O4S. The molecule has 0 aliphatic heterocycles. The van der Waals surface area contributed by atoms with Gasteiger partial charge in [0, 0.05) is 18.3 Å². The van der Waals surface area contributed by atoms with Crippen molar-refractivity contribution in [3.63, 3.8) is 0 Å². The third kappa shape index (κ3) is 4.03. The van der Waals surface area contributed by atoms with E-state index >= 15 is 0 Å². The summed E-state index contributed by atoms with van der Waals surface area (Å²) < 4.78 is 15.9. The summed E-state index contributed by atoms with van der Waals surface area (Å²) in [5, 5.41) is 4.93. The monoisotopic (exact) mass is 384 g/mol. The molecule has 0 fully saturated rings. The molecule has 0 unspecified atom stereocenters. The van der Waals surface area contributed by atoms with Gasteiger partial charge in [-0.2, -0.15) is 0 Å². The van der Waals surface area contributed by atoms with Gasteiger partial charge in [0.05, 0.1) is 31.9 Å². The molecule has 1 aromatic carbocycles. The van der Waals surface area contributed by atoms with Crippen molar-refractivity contribution < 1.29 is 19.0 Å². The fraction of sp³-hybridized carbons (Fsp3) is 0.200. The molecule has 0 spiro atoms. The van der Waals surface area contributed by atoms with E-state index in [0.29, 0.717) is 29.4 Å². The molecule has 2 heterocycles. The molecule has 1 N–H and O–H groups in total. The maximum Gasteiger partial charge on any atom is 0.251 e. The fourth-order valence-electron chi connectivity index (χ4n) is 2.71. The average molecular weight is 384 g/mol. The topological polar surface area (TPSA) is 69.7 Å². The Morgan fingerprint density at radius 1 is 1.07 bits per heavy atom. The van der Waals surface area contributed by atoms with Crippen LogP contribution in [0, 0.1) is 0 Å². The molecule has 27 heavy (non-hydrogen) atoms. The zero-order valence-corrected chi connectivity index (χ0v) is 16.1. The van der Waals surface area contributed by atoms with Crippen LogP contribution in [0.25, 0.3) is 10.6 Å². The predicted octanol–water partition coefficient (Wildman–Crippen LogP) is 3.77. The number of nitrogens with zero attached hydrogens (tertiary/aromatic N) is 1. The zero-order valence-electron chi connectivity index (χ0n) is 15.3. The first-order valence-electron chi connectivity index (χ1n) is 8.24. The van der Waals surface area contributed by atoms with Crippen LogP contribution in [0.5, 0.6) is 17.2 Å². The highest BCUT2D eigenvalue weighted by molar-refractivity contribution is 7.13. The first-order valence-corrected chi connectivity index (χ1v) is 9.12. The van der Waals surface area contributed by atoms with E-state index in [2.05, 4.69) is 10.3 Å². The van der Waals surface area contributed by atoms with E-state index in [-0.39, 0.29) is 5.91 Å². The number of amides is 1. The molecule has 0 saturated heterocycles. The standard InChI is InChI=1S/C20H20N2O4S/c1-24-15-10-14(11-16(25-2)19(15)26-3)20(23)22-12-13-6-4-8-21-18(13)17-7-5-9-27-17/h4-11H,12H2,1-3H3,(H,22,23). The van der Waals surface area contributed by atoms with Crippen LogP contribution in [0.1, 0.15) is 15.9 Å². The van der Waals surface area contributed by atoms with E-state index in [1.807, 2.05) is 29.6 Å². The Morgan fingerprint density at radius 2 is 1.81 bits per heavy atom. The Kier molecular flexibility index (Phi) is 5.93. The van der Waals surface area contributed by atoms with Crippen molar-refractivity contribution in [1.82, 2.24) is 10.3 Å². The summed E-state index contributed by atoms with van der Waals surface area (Å²) in [4.78, 5) is 18.2. The van der Waals surface area contributed by atoms with E-state index in [1.54, 1.807) is 29.7 Å². The van der Waals surface area contributed by atoms with Gasteiger partial charge in [0.15, 0.2) is 11.5 Å². The third-order valence-electron chi connectivity index (χ3n) is 4.01. The van der Waals surface area contributed by atoms with Gasteiger partial charge in [-0.3, -0.25) is 9.78 Å². The molecule has 7 heteroatoms. The molecule has 3 aromatic rings. The van der Waals surface area contributed by atoms with Crippen molar-refractivity contribution in [2.45, 2.75) is 6.54 Å². The second-order valence-electron chi connectivity index (χ2n) is 5.59. The van der Waals surface area contributed by atoms with Crippen molar-refractivity contribution in [3.05, 3.63) is 59.1 Å². The van der Waals surface area contributed by atoms with Crippen LogP contribution >= 0.6 is 11.3 Å². The number of methoxy groups -OCH3 is 3. The summed E-state index contributed by atoms with van der Waals surface area (Å²) in [5.41, 5.74) is 2.24. The molecule has 6 nitrogen and oxygen atoms in total. The van der Waals surface area contributed by atoms with Gasteiger partial charge in [0.1, 0.15) is 0 Å². The van der Waals surface area contributed by atoms with Crippen LogP contribution < -0.4 is 19.5 Å². The zero-order chi connectivity index (χ0) is 19.2. The van der Waals surface area contributed by atoms with Gasteiger partial charge in [-0.1, -0.05) is 12.1 Å². The van der Waals surface area contributed by atoms with Gasteiger partial charge in [0.25, 0.3) is 5.91 Å². The summed E-state index contributed by atoms with van der Waals surface area (Å²) in [6.45, 7) is 0.358. The number of carbonyl (C=O) groups excluding carboxylic acids is 1. The van der Waals surface area contributed by atoms with E-state index in [1.165, 1.54) is 21.3 Å². The molecule has 0 aliphatic carbocycles. The highest BCUT2D eigenvalue weighted by atomic mass is 32.1. The number of aromatic nitrogens is 1. The number of hydrogen-bond acceptors (Lipinski definition) is 6. The SMILES string of the molecule is COc1cc(C(=O)NCc2cccnc2-c2cccs2)cc(OC)c1OC. The van der Waals surface area contributed by atoms with E-state index < -0.39 is 0 Å². The lowest BCUT2D eigenvalue weighted by molar-refractivity contribution is 0.0950. The third-order valence-corrected chi connectivity index (χ3v) is 4.89. The summed E-state index contributed by atoms with van der Waals surface area (Å²) in [6, 6.07) is 11.1. The highest BCUT2D eigenvalue weighted by Crippen LogP contribution is 2.38. The summed E-state index contributed by atoms with van der Waals surface area (Å²) in [5.74, 6) is 1.07. The average Bonchev–Trinajstić information content (AvgIpc) is 3.25. The van der Waals surface area contributed by atoms with Crippen molar-refractivity contribution in [1.29, 1.82) is 0 Å². The number of ether oxygens (including phenoxy) is 3. The lowest BCUT2D eigenvalue weighted by Crippen LogP contribution is -2.23. The largest absolute Gasteiger partial charge is 0.493 e. The van der Waals surface area contributed by atoms with Crippen molar-refractivity contribution in [2.24, 2.45) is 0 Å². The molecule has 3 rings (SSSR count). The second kappa shape index (κ2) is 8.55. The minimum atomic E-state index is -0.241. The quantitative estimate of drug-likeness (QED) is 0.672. The number of carbonyl (C=O) groups is 1. The summed E-state index contributed by atoms with van der Waals surface area (Å²) in [7, 11) is 4.55. The summed E-state index contributed by atoms with van der Waals surface area (Å²) >= 11 is 1.61. The number of rotatable bonds is 7. The molecule has 2 aromatic heterocycles. The lowest BCUT2D eigenvalue weighted by atomic mass is 10.1. The predicted molar refractivity (Wildman–Crippen MR) is 105 cm³/mol. The molecule has 1 amide bonds. The molecular weight excluding hydrogens is 364 g/mol. The van der Waals surface area contributed by atoms with Gasteiger partial charge in [-0.05, 0) is 35.2 Å². The number of thiophene rings is 1. The van der Waals surface area contributed by atoms with Crippen LogP contribution in [-0.2, 0) is 6.54 Å². The summed E-state index contributed by atoms with van der Waals surface area (Å²) in [6.07, 6.45) is 1.75. The number of hydrogen-bond donors (Lipinski definition) is 1. The minimum Gasteiger partial charge on any atom is -0.493 e. The number of nitrogens with one attached hydrogen (secondary N) is 1. The molecule has 0 saturated carbocycles. The van der Waals surface area contributed by atoms with Crippen molar-refractivity contribution >= 4 is 17.2 Å².